The molecule has 0 fully saturated rings. The van der Waals surface area contributed by atoms with E-state index in [-0.39, 0.29) is 18.6 Å². The van der Waals surface area contributed by atoms with E-state index in [1.165, 1.54) is 23.5 Å². The third-order valence-electron chi connectivity index (χ3n) is 3.30. The van der Waals surface area contributed by atoms with Crippen LogP contribution >= 0.6 is 11.3 Å². The molecule has 0 radical (unpaired) electrons. The molecule has 3 nitrogen and oxygen atoms in total. The van der Waals surface area contributed by atoms with Gasteiger partial charge in [0.2, 0.25) is 0 Å². The van der Waals surface area contributed by atoms with Crippen LogP contribution in [0.1, 0.15) is 16.1 Å². The minimum atomic E-state index is -4.43. The Morgan fingerprint density at radius 3 is 2.67 bits per heavy atom. The highest BCUT2D eigenvalue weighted by molar-refractivity contribution is 7.18. The number of carbonyl (C=O) groups is 1. The number of hydrogen-bond donors (Lipinski definition) is 0. The number of halogens is 3. The molecule has 24 heavy (non-hydrogen) atoms. The first-order valence-corrected chi connectivity index (χ1v) is 7.90. The summed E-state index contributed by atoms with van der Waals surface area (Å²) in [5.74, 6) is -0.589. The van der Waals surface area contributed by atoms with Gasteiger partial charge < -0.3 is 4.74 Å². The van der Waals surface area contributed by atoms with Gasteiger partial charge >= 0.3 is 12.1 Å². The quantitative estimate of drug-likeness (QED) is 0.645. The summed E-state index contributed by atoms with van der Waals surface area (Å²) < 4.78 is 44.1. The van der Waals surface area contributed by atoms with Crippen molar-refractivity contribution in [3.05, 3.63) is 64.7 Å². The van der Waals surface area contributed by atoms with Gasteiger partial charge in [0.1, 0.15) is 11.6 Å². The van der Waals surface area contributed by atoms with Gasteiger partial charge in [-0.2, -0.15) is 13.2 Å². The molecule has 0 unspecified atom stereocenters. The van der Waals surface area contributed by atoms with Crippen LogP contribution in [0.2, 0.25) is 0 Å². The third-order valence-corrected chi connectivity index (χ3v) is 4.31. The van der Waals surface area contributed by atoms with Crippen LogP contribution < -0.4 is 0 Å². The van der Waals surface area contributed by atoms with E-state index in [9.17, 15) is 18.0 Å². The zero-order valence-electron chi connectivity index (χ0n) is 12.3. The zero-order chi connectivity index (χ0) is 17.2. The average Bonchev–Trinajstić information content (AvgIpc) is 2.95. The Morgan fingerprint density at radius 2 is 1.92 bits per heavy atom. The SMILES string of the molecule is O=C(Cc1cccc(C(F)(F)F)c1)OCc1nc2ccccc2s1. The van der Waals surface area contributed by atoms with E-state index in [0.717, 1.165) is 22.3 Å². The number of hydrogen-bond acceptors (Lipinski definition) is 4. The first kappa shape index (κ1) is 16.4. The Hall–Kier alpha value is -2.41. The highest BCUT2D eigenvalue weighted by Gasteiger charge is 2.30. The van der Waals surface area contributed by atoms with E-state index < -0.39 is 17.7 Å². The van der Waals surface area contributed by atoms with E-state index >= 15 is 0 Å². The minimum Gasteiger partial charge on any atom is -0.458 e. The number of nitrogens with zero attached hydrogens (tertiary/aromatic N) is 1. The molecule has 7 heteroatoms. The lowest BCUT2D eigenvalue weighted by Gasteiger charge is -2.08. The third kappa shape index (κ3) is 3.91. The van der Waals surface area contributed by atoms with E-state index in [4.69, 9.17) is 4.74 Å². The van der Waals surface area contributed by atoms with Crippen LogP contribution in [0, 0.1) is 0 Å². The number of thiazole rings is 1. The van der Waals surface area contributed by atoms with Crippen molar-refractivity contribution in [3.8, 4) is 0 Å². The number of aromatic nitrogens is 1. The molecule has 0 aliphatic carbocycles. The molecule has 0 aliphatic heterocycles. The van der Waals surface area contributed by atoms with Crippen molar-refractivity contribution < 1.29 is 22.7 Å². The molecular formula is C17H12F3NO2S. The van der Waals surface area contributed by atoms with Crippen LogP contribution in [-0.4, -0.2) is 11.0 Å². The second-order valence-corrected chi connectivity index (χ2v) is 6.23. The van der Waals surface area contributed by atoms with Crippen molar-refractivity contribution in [2.75, 3.05) is 0 Å². The summed E-state index contributed by atoms with van der Waals surface area (Å²) in [6.45, 7) is 0.0111. The molecule has 0 saturated heterocycles. The molecule has 124 valence electrons. The predicted molar refractivity (Wildman–Crippen MR) is 84.6 cm³/mol. The van der Waals surface area contributed by atoms with Crippen LogP contribution in [0.3, 0.4) is 0 Å². The average molecular weight is 351 g/mol. The fourth-order valence-corrected chi connectivity index (χ4v) is 3.08. The second-order valence-electron chi connectivity index (χ2n) is 5.11. The molecule has 0 atom stereocenters. The van der Waals surface area contributed by atoms with Gasteiger partial charge in [0, 0.05) is 0 Å². The summed E-state index contributed by atoms with van der Waals surface area (Å²) >= 11 is 1.41. The molecule has 0 amide bonds. The predicted octanol–water partition coefficient (Wildman–Crippen LogP) is 4.60. The van der Waals surface area contributed by atoms with Crippen molar-refractivity contribution in [1.82, 2.24) is 4.98 Å². The van der Waals surface area contributed by atoms with Crippen molar-refractivity contribution in [3.63, 3.8) is 0 Å². The highest BCUT2D eigenvalue weighted by atomic mass is 32.1. The Balaban J connectivity index is 1.61. The number of ether oxygens (including phenoxy) is 1. The minimum absolute atomic E-state index is 0.0111. The molecule has 0 saturated carbocycles. The van der Waals surface area contributed by atoms with Gasteiger partial charge in [-0.15, -0.1) is 11.3 Å². The van der Waals surface area contributed by atoms with E-state index in [2.05, 4.69) is 4.98 Å². The molecule has 1 aromatic heterocycles. The summed E-state index contributed by atoms with van der Waals surface area (Å²) in [4.78, 5) is 16.2. The van der Waals surface area contributed by atoms with Gasteiger partial charge in [-0.25, -0.2) is 4.98 Å². The zero-order valence-corrected chi connectivity index (χ0v) is 13.2. The summed E-state index contributed by atoms with van der Waals surface area (Å²) in [5, 5.41) is 0.647. The van der Waals surface area contributed by atoms with Gasteiger partial charge in [-0.05, 0) is 23.8 Å². The summed E-state index contributed by atoms with van der Waals surface area (Å²) in [6, 6.07) is 12.2. The standard InChI is InChI=1S/C17H12F3NO2S/c18-17(19,20)12-5-3-4-11(8-12)9-16(22)23-10-15-21-13-6-1-2-7-14(13)24-15/h1-8H,9-10H2. The van der Waals surface area contributed by atoms with Crippen LogP contribution in [0.4, 0.5) is 13.2 Å². The largest absolute Gasteiger partial charge is 0.458 e. The lowest BCUT2D eigenvalue weighted by atomic mass is 10.1. The number of alkyl halides is 3. The van der Waals surface area contributed by atoms with E-state index in [1.54, 1.807) is 0 Å². The van der Waals surface area contributed by atoms with Crippen molar-refractivity contribution >= 4 is 27.5 Å². The van der Waals surface area contributed by atoms with Crippen LogP contribution in [0.25, 0.3) is 10.2 Å². The Kier molecular flexibility index (Phi) is 4.53. The molecule has 0 aliphatic rings. The lowest BCUT2D eigenvalue weighted by Crippen LogP contribution is -2.10. The van der Waals surface area contributed by atoms with Crippen LogP contribution in [0.5, 0.6) is 0 Å². The number of rotatable bonds is 4. The molecule has 0 spiro atoms. The number of carbonyl (C=O) groups excluding carboxylic acids is 1. The van der Waals surface area contributed by atoms with Gasteiger partial charge in [0.25, 0.3) is 0 Å². The number of fused-ring (bicyclic) bond motifs is 1. The molecule has 3 rings (SSSR count). The molecule has 0 N–H and O–H groups in total. The maximum absolute atomic E-state index is 12.7. The van der Waals surface area contributed by atoms with Crippen molar-refractivity contribution in [2.45, 2.75) is 19.2 Å². The molecule has 3 aromatic rings. The Bertz CT molecular complexity index is 840. The molecule has 1 heterocycles. The molecule has 0 bridgehead atoms. The van der Waals surface area contributed by atoms with Gasteiger partial charge in [-0.3, -0.25) is 4.79 Å². The molecule has 2 aromatic carbocycles. The first-order valence-electron chi connectivity index (χ1n) is 7.08. The fourth-order valence-electron chi connectivity index (χ4n) is 2.20. The summed E-state index contributed by atoms with van der Waals surface area (Å²) in [5.41, 5.74) is 0.310. The maximum Gasteiger partial charge on any atom is 0.416 e. The van der Waals surface area contributed by atoms with Crippen LogP contribution in [0.15, 0.2) is 48.5 Å². The van der Waals surface area contributed by atoms with E-state index in [1.807, 2.05) is 24.3 Å². The Labute approximate surface area is 139 Å². The van der Waals surface area contributed by atoms with Gasteiger partial charge in [0.05, 0.1) is 22.2 Å². The fraction of sp³-hybridized carbons (Fsp3) is 0.176. The van der Waals surface area contributed by atoms with Gasteiger partial charge in [0.15, 0.2) is 0 Å². The topological polar surface area (TPSA) is 39.2 Å². The maximum atomic E-state index is 12.7. The van der Waals surface area contributed by atoms with Crippen LogP contribution in [-0.2, 0) is 28.7 Å². The first-order chi connectivity index (χ1) is 11.4. The Morgan fingerprint density at radius 1 is 1.12 bits per heavy atom. The van der Waals surface area contributed by atoms with Gasteiger partial charge in [-0.1, -0.05) is 30.3 Å². The van der Waals surface area contributed by atoms with Crippen molar-refractivity contribution in [1.29, 1.82) is 0 Å². The van der Waals surface area contributed by atoms with Crippen molar-refractivity contribution in [2.24, 2.45) is 0 Å². The van der Waals surface area contributed by atoms with E-state index in [0.29, 0.717) is 5.01 Å². The number of esters is 1. The lowest BCUT2D eigenvalue weighted by molar-refractivity contribution is -0.144. The normalized spacial score (nSPS) is 11.6. The number of benzene rings is 2. The second kappa shape index (κ2) is 6.60. The summed E-state index contributed by atoms with van der Waals surface area (Å²) in [7, 11) is 0. The smallest absolute Gasteiger partial charge is 0.416 e. The monoisotopic (exact) mass is 351 g/mol. The number of para-hydroxylation sites is 1. The molecular weight excluding hydrogens is 339 g/mol. The summed E-state index contributed by atoms with van der Waals surface area (Å²) in [6.07, 6.45) is -4.64. The highest BCUT2D eigenvalue weighted by Crippen LogP contribution is 2.29.